The van der Waals surface area contributed by atoms with Crippen molar-refractivity contribution < 1.29 is 9.53 Å². The third-order valence-corrected chi connectivity index (χ3v) is 4.30. The summed E-state index contributed by atoms with van der Waals surface area (Å²) < 4.78 is 7.76. The molecule has 0 unspecified atom stereocenters. The fourth-order valence-electron chi connectivity index (χ4n) is 3.03. The third-order valence-electron chi connectivity index (χ3n) is 4.30. The quantitative estimate of drug-likeness (QED) is 0.759. The molecule has 7 nitrogen and oxygen atoms in total. The van der Waals surface area contributed by atoms with Gasteiger partial charge in [-0.2, -0.15) is 5.10 Å². The van der Waals surface area contributed by atoms with E-state index in [1.807, 2.05) is 22.9 Å². The second-order valence-corrected chi connectivity index (χ2v) is 6.13. The number of nitrogens with one attached hydrogen (secondary N) is 1. The van der Waals surface area contributed by atoms with Crippen molar-refractivity contribution in [2.24, 2.45) is 0 Å². The molecule has 0 spiro atoms. The van der Waals surface area contributed by atoms with E-state index in [1.165, 1.54) is 29.7 Å². The Bertz CT molecular complexity index is 879. The minimum Gasteiger partial charge on any atom is -0.370 e. The molecule has 1 atom stereocenters. The number of rotatable bonds is 5. The van der Waals surface area contributed by atoms with Crippen molar-refractivity contribution in [3.8, 4) is 0 Å². The Morgan fingerprint density at radius 2 is 2.15 bits per heavy atom. The van der Waals surface area contributed by atoms with Crippen LogP contribution in [0, 0.1) is 0 Å². The minimum absolute atomic E-state index is 0.253. The van der Waals surface area contributed by atoms with Crippen LogP contribution in [0.5, 0.6) is 0 Å². The zero-order chi connectivity index (χ0) is 17.8. The molecule has 1 amide bonds. The number of benzene rings is 1. The molecule has 0 radical (unpaired) electrons. The standard InChI is InChI=1S/C19H19N5O2/c25-19(16-10-20-7-8-21-16)22-11-17-18-15(6-9-26-17)13-24(23-18)12-14-4-2-1-3-5-14/h1-5,7-8,10,13,17H,6,9,11-12H2,(H,22,25)/t17-/m1/s1. The van der Waals surface area contributed by atoms with Gasteiger partial charge in [0.05, 0.1) is 25.0 Å². The lowest BCUT2D eigenvalue weighted by Crippen LogP contribution is -2.32. The number of amides is 1. The minimum atomic E-state index is -0.266. The van der Waals surface area contributed by atoms with E-state index in [0.29, 0.717) is 19.7 Å². The van der Waals surface area contributed by atoms with Crippen molar-refractivity contribution >= 4 is 5.91 Å². The first kappa shape index (κ1) is 16.4. The van der Waals surface area contributed by atoms with Crippen molar-refractivity contribution in [3.63, 3.8) is 0 Å². The fraction of sp³-hybridized carbons (Fsp3) is 0.263. The smallest absolute Gasteiger partial charge is 0.271 e. The van der Waals surface area contributed by atoms with Gasteiger partial charge in [-0.15, -0.1) is 0 Å². The lowest BCUT2D eigenvalue weighted by molar-refractivity contribution is 0.0383. The van der Waals surface area contributed by atoms with Crippen molar-refractivity contribution in [3.05, 3.63) is 77.6 Å². The third kappa shape index (κ3) is 3.62. The van der Waals surface area contributed by atoms with Gasteiger partial charge in [0.25, 0.3) is 5.91 Å². The van der Waals surface area contributed by atoms with Crippen LogP contribution in [0.2, 0.25) is 0 Å². The van der Waals surface area contributed by atoms with Crippen LogP contribution >= 0.6 is 0 Å². The summed E-state index contributed by atoms with van der Waals surface area (Å²) in [5.41, 5.74) is 3.55. The van der Waals surface area contributed by atoms with Crippen molar-refractivity contribution in [2.45, 2.75) is 19.1 Å². The summed E-state index contributed by atoms with van der Waals surface area (Å²) in [6, 6.07) is 10.2. The highest BCUT2D eigenvalue weighted by Gasteiger charge is 2.25. The largest absolute Gasteiger partial charge is 0.370 e. The Balaban J connectivity index is 1.44. The number of carbonyl (C=O) groups is 1. The summed E-state index contributed by atoms with van der Waals surface area (Å²) in [7, 11) is 0. The molecule has 0 aliphatic carbocycles. The van der Waals surface area contributed by atoms with Crippen LogP contribution in [0.4, 0.5) is 0 Å². The average Bonchev–Trinajstić information content (AvgIpc) is 3.10. The number of aromatic nitrogens is 4. The first-order valence-corrected chi connectivity index (χ1v) is 8.55. The highest BCUT2D eigenvalue weighted by Crippen LogP contribution is 2.25. The molecule has 0 fully saturated rings. The van der Waals surface area contributed by atoms with Gasteiger partial charge in [0.15, 0.2) is 0 Å². The molecular formula is C19H19N5O2. The van der Waals surface area contributed by atoms with E-state index in [1.54, 1.807) is 0 Å². The zero-order valence-corrected chi connectivity index (χ0v) is 14.2. The van der Waals surface area contributed by atoms with E-state index in [2.05, 4.69) is 33.6 Å². The van der Waals surface area contributed by atoms with Crippen LogP contribution in [0.1, 0.15) is 33.4 Å². The van der Waals surface area contributed by atoms with Crippen molar-refractivity contribution in [1.29, 1.82) is 0 Å². The van der Waals surface area contributed by atoms with Gasteiger partial charge in [-0.3, -0.25) is 14.5 Å². The topological polar surface area (TPSA) is 81.9 Å². The van der Waals surface area contributed by atoms with Crippen molar-refractivity contribution in [1.82, 2.24) is 25.1 Å². The summed E-state index contributed by atoms with van der Waals surface area (Å²) in [5.74, 6) is -0.266. The molecule has 26 heavy (non-hydrogen) atoms. The number of ether oxygens (including phenoxy) is 1. The fourth-order valence-corrected chi connectivity index (χ4v) is 3.03. The number of carbonyl (C=O) groups excluding carboxylic acids is 1. The maximum Gasteiger partial charge on any atom is 0.271 e. The van der Waals surface area contributed by atoms with Gasteiger partial charge in [-0.1, -0.05) is 30.3 Å². The zero-order valence-electron chi connectivity index (χ0n) is 14.2. The van der Waals surface area contributed by atoms with E-state index in [0.717, 1.165) is 12.1 Å². The van der Waals surface area contributed by atoms with E-state index in [9.17, 15) is 4.79 Å². The van der Waals surface area contributed by atoms with Crippen LogP contribution in [0.3, 0.4) is 0 Å². The molecule has 3 aromatic rings. The molecule has 2 aromatic heterocycles. The van der Waals surface area contributed by atoms with Gasteiger partial charge in [0.2, 0.25) is 0 Å². The predicted octanol–water partition coefficient (Wildman–Crippen LogP) is 1.77. The second-order valence-electron chi connectivity index (χ2n) is 6.13. The summed E-state index contributed by atoms with van der Waals surface area (Å²) >= 11 is 0. The molecule has 4 rings (SSSR count). The Labute approximate surface area is 151 Å². The Morgan fingerprint density at radius 3 is 2.96 bits per heavy atom. The van der Waals surface area contributed by atoms with E-state index >= 15 is 0 Å². The molecule has 1 aliphatic heterocycles. The normalized spacial score (nSPS) is 16.1. The highest BCUT2D eigenvalue weighted by atomic mass is 16.5. The molecule has 1 N–H and O–H groups in total. The first-order valence-electron chi connectivity index (χ1n) is 8.55. The monoisotopic (exact) mass is 349 g/mol. The summed E-state index contributed by atoms with van der Waals surface area (Å²) in [5, 5.41) is 7.54. The molecule has 0 bridgehead atoms. The maximum absolute atomic E-state index is 12.2. The predicted molar refractivity (Wildman–Crippen MR) is 94.5 cm³/mol. The molecule has 1 aromatic carbocycles. The van der Waals surface area contributed by atoms with E-state index < -0.39 is 0 Å². The van der Waals surface area contributed by atoms with E-state index in [4.69, 9.17) is 9.84 Å². The van der Waals surface area contributed by atoms with Crippen LogP contribution < -0.4 is 5.32 Å². The highest BCUT2D eigenvalue weighted by molar-refractivity contribution is 5.91. The van der Waals surface area contributed by atoms with Crippen LogP contribution in [0.25, 0.3) is 0 Å². The van der Waals surface area contributed by atoms with E-state index in [-0.39, 0.29) is 17.7 Å². The van der Waals surface area contributed by atoms with Crippen molar-refractivity contribution in [2.75, 3.05) is 13.2 Å². The average molecular weight is 349 g/mol. The number of nitrogens with zero attached hydrogens (tertiary/aromatic N) is 4. The van der Waals surface area contributed by atoms with Gasteiger partial charge in [-0.25, -0.2) is 4.98 Å². The molecule has 0 saturated heterocycles. The van der Waals surface area contributed by atoms with Crippen LogP contribution in [-0.2, 0) is 17.7 Å². The Hall–Kier alpha value is -3.06. The van der Waals surface area contributed by atoms with Crippen LogP contribution in [0.15, 0.2) is 55.1 Å². The summed E-state index contributed by atoms with van der Waals surface area (Å²) in [4.78, 5) is 20.1. The Kier molecular flexibility index (Phi) is 4.70. The molecule has 7 heteroatoms. The maximum atomic E-state index is 12.2. The molecule has 132 valence electrons. The first-order chi connectivity index (χ1) is 12.8. The number of hydrogen-bond acceptors (Lipinski definition) is 5. The Morgan fingerprint density at radius 1 is 1.27 bits per heavy atom. The number of hydrogen-bond donors (Lipinski definition) is 1. The number of fused-ring (bicyclic) bond motifs is 1. The van der Waals surface area contributed by atoms with Gasteiger partial charge >= 0.3 is 0 Å². The van der Waals surface area contributed by atoms with Gasteiger partial charge in [-0.05, 0) is 17.5 Å². The summed E-state index contributed by atoms with van der Waals surface area (Å²) in [6.07, 6.45) is 7.12. The van der Waals surface area contributed by atoms with Gasteiger partial charge in [0, 0.05) is 25.1 Å². The lowest BCUT2D eigenvalue weighted by Gasteiger charge is -2.22. The summed E-state index contributed by atoms with van der Waals surface area (Å²) in [6.45, 7) is 1.69. The lowest BCUT2D eigenvalue weighted by atomic mass is 10.1. The van der Waals surface area contributed by atoms with Crippen LogP contribution in [-0.4, -0.2) is 38.8 Å². The van der Waals surface area contributed by atoms with Gasteiger partial charge in [0.1, 0.15) is 11.8 Å². The second kappa shape index (κ2) is 7.45. The van der Waals surface area contributed by atoms with Gasteiger partial charge < -0.3 is 10.1 Å². The molecule has 1 aliphatic rings. The SMILES string of the molecule is O=C(NC[C@H]1OCCc2cn(Cc3ccccc3)nc21)c1cnccn1. The molecular weight excluding hydrogens is 330 g/mol. The molecule has 3 heterocycles. The molecule has 0 saturated carbocycles.